The van der Waals surface area contributed by atoms with E-state index in [0.29, 0.717) is 6.04 Å². The number of hydrogen-bond acceptors (Lipinski definition) is 3. The number of nitrogens with zero attached hydrogens (tertiary/aromatic N) is 2. The van der Waals surface area contributed by atoms with Crippen LogP contribution in [0.25, 0.3) is 10.8 Å². The fourth-order valence-electron chi connectivity index (χ4n) is 2.06. The van der Waals surface area contributed by atoms with E-state index in [-0.39, 0.29) is 0 Å². The molecule has 1 heterocycles. The molecule has 0 atom stereocenters. The summed E-state index contributed by atoms with van der Waals surface area (Å²) >= 11 is 0. The fourth-order valence-corrected chi connectivity index (χ4v) is 2.06. The lowest BCUT2D eigenvalue weighted by molar-refractivity contribution is 0.273. The molecule has 2 rings (SSSR count). The van der Waals surface area contributed by atoms with Crippen molar-refractivity contribution in [3.63, 3.8) is 0 Å². The molecule has 2 aromatic rings. The summed E-state index contributed by atoms with van der Waals surface area (Å²) in [5.74, 6) is 0. The lowest BCUT2D eigenvalue weighted by atomic mass is 10.1. The first-order valence-corrected chi connectivity index (χ1v) is 6.91. The van der Waals surface area contributed by atoms with Gasteiger partial charge < -0.3 is 10.2 Å². The maximum Gasteiger partial charge on any atom is 0.0346 e. The van der Waals surface area contributed by atoms with Crippen LogP contribution in [0.4, 0.5) is 0 Å². The van der Waals surface area contributed by atoms with Gasteiger partial charge in [0.1, 0.15) is 0 Å². The molecule has 0 radical (unpaired) electrons. The van der Waals surface area contributed by atoms with Gasteiger partial charge in [-0.1, -0.05) is 24.3 Å². The minimum absolute atomic E-state index is 0.598. The van der Waals surface area contributed by atoms with E-state index in [2.05, 4.69) is 60.4 Å². The zero-order valence-electron chi connectivity index (χ0n) is 12.1. The van der Waals surface area contributed by atoms with E-state index in [1.54, 1.807) is 0 Å². The summed E-state index contributed by atoms with van der Waals surface area (Å²) in [5.41, 5.74) is 1.27. The lowest BCUT2D eigenvalue weighted by Gasteiger charge is -2.21. The second-order valence-electron chi connectivity index (χ2n) is 5.27. The van der Waals surface area contributed by atoms with Crippen LogP contribution in [0.15, 0.2) is 36.7 Å². The summed E-state index contributed by atoms with van der Waals surface area (Å²) in [6, 6.07) is 9.00. The summed E-state index contributed by atoms with van der Waals surface area (Å²) in [6.07, 6.45) is 3.88. The maximum absolute atomic E-state index is 4.30. The van der Waals surface area contributed by atoms with E-state index in [4.69, 9.17) is 0 Å². The first-order chi connectivity index (χ1) is 9.18. The van der Waals surface area contributed by atoms with Crippen molar-refractivity contribution in [2.24, 2.45) is 0 Å². The van der Waals surface area contributed by atoms with Gasteiger partial charge >= 0.3 is 0 Å². The molecule has 19 heavy (non-hydrogen) atoms. The first-order valence-electron chi connectivity index (χ1n) is 6.91. The van der Waals surface area contributed by atoms with Crippen LogP contribution in [0.2, 0.25) is 0 Å². The Morgan fingerprint density at radius 2 is 2.00 bits per heavy atom. The van der Waals surface area contributed by atoms with Crippen LogP contribution in [0, 0.1) is 0 Å². The van der Waals surface area contributed by atoms with E-state index in [1.807, 2.05) is 12.4 Å². The zero-order chi connectivity index (χ0) is 13.7. The van der Waals surface area contributed by atoms with Gasteiger partial charge in [-0.05, 0) is 31.8 Å². The van der Waals surface area contributed by atoms with Gasteiger partial charge in [-0.3, -0.25) is 4.98 Å². The van der Waals surface area contributed by atoms with Crippen LogP contribution in [-0.2, 0) is 6.54 Å². The minimum atomic E-state index is 0.598. The van der Waals surface area contributed by atoms with E-state index in [1.165, 1.54) is 16.3 Å². The Labute approximate surface area is 115 Å². The maximum atomic E-state index is 4.30. The fraction of sp³-hybridized carbons (Fsp3) is 0.438. The van der Waals surface area contributed by atoms with Gasteiger partial charge in [0, 0.05) is 43.5 Å². The minimum Gasteiger partial charge on any atom is -0.311 e. The summed E-state index contributed by atoms with van der Waals surface area (Å²) in [5, 5.41) is 6.00. The monoisotopic (exact) mass is 257 g/mol. The van der Waals surface area contributed by atoms with Crippen molar-refractivity contribution in [1.82, 2.24) is 15.2 Å². The number of rotatable bonds is 6. The molecule has 0 amide bonds. The Bertz CT molecular complexity index is 517. The van der Waals surface area contributed by atoms with Crippen LogP contribution in [-0.4, -0.2) is 36.1 Å². The summed E-state index contributed by atoms with van der Waals surface area (Å²) in [6.45, 7) is 7.37. The van der Waals surface area contributed by atoms with Crippen molar-refractivity contribution in [2.75, 3.05) is 20.1 Å². The highest BCUT2D eigenvalue weighted by Gasteiger charge is 2.03. The van der Waals surface area contributed by atoms with Crippen LogP contribution >= 0.6 is 0 Å². The molecule has 0 saturated heterocycles. The molecule has 3 heteroatoms. The number of benzene rings is 1. The number of pyridine rings is 1. The summed E-state index contributed by atoms with van der Waals surface area (Å²) in [7, 11) is 2.16. The molecule has 0 aliphatic rings. The second kappa shape index (κ2) is 6.64. The van der Waals surface area contributed by atoms with Crippen molar-refractivity contribution in [2.45, 2.75) is 26.4 Å². The van der Waals surface area contributed by atoms with E-state index >= 15 is 0 Å². The molecule has 3 nitrogen and oxygen atoms in total. The SMILES string of the molecule is CC(C)N(C)CCNCc1cncc2ccccc12. The van der Waals surface area contributed by atoms with E-state index < -0.39 is 0 Å². The molecule has 1 aromatic carbocycles. The molecule has 0 bridgehead atoms. The number of hydrogen-bond donors (Lipinski definition) is 1. The topological polar surface area (TPSA) is 28.2 Å². The Balaban J connectivity index is 1.92. The lowest BCUT2D eigenvalue weighted by Crippen LogP contribution is -2.33. The molecule has 0 unspecified atom stereocenters. The van der Waals surface area contributed by atoms with Gasteiger partial charge in [-0.2, -0.15) is 0 Å². The van der Waals surface area contributed by atoms with Crippen LogP contribution in [0.3, 0.4) is 0 Å². The molecular weight excluding hydrogens is 234 g/mol. The van der Waals surface area contributed by atoms with Crippen LogP contribution < -0.4 is 5.32 Å². The first kappa shape index (κ1) is 14.0. The van der Waals surface area contributed by atoms with Crippen molar-refractivity contribution in [3.05, 3.63) is 42.2 Å². The highest BCUT2D eigenvalue weighted by atomic mass is 15.1. The highest BCUT2D eigenvalue weighted by molar-refractivity contribution is 5.84. The largest absolute Gasteiger partial charge is 0.311 e. The molecule has 102 valence electrons. The quantitative estimate of drug-likeness (QED) is 0.806. The molecule has 1 aromatic heterocycles. The van der Waals surface area contributed by atoms with Gasteiger partial charge in [0.05, 0.1) is 0 Å². The predicted octanol–water partition coefficient (Wildman–Crippen LogP) is 2.66. The van der Waals surface area contributed by atoms with E-state index in [0.717, 1.165) is 19.6 Å². The molecule has 0 saturated carbocycles. The number of aromatic nitrogens is 1. The van der Waals surface area contributed by atoms with Crippen molar-refractivity contribution < 1.29 is 0 Å². The number of nitrogens with one attached hydrogen (secondary N) is 1. The molecule has 0 fully saturated rings. The smallest absolute Gasteiger partial charge is 0.0346 e. The third kappa shape index (κ3) is 3.75. The van der Waals surface area contributed by atoms with Crippen LogP contribution in [0.1, 0.15) is 19.4 Å². The Hall–Kier alpha value is -1.45. The number of fused-ring (bicyclic) bond motifs is 1. The average molecular weight is 257 g/mol. The predicted molar refractivity (Wildman–Crippen MR) is 81.2 cm³/mol. The summed E-state index contributed by atoms with van der Waals surface area (Å²) in [4.78, 5) is 6.65. The van der Waals surface area contributed by atoms with Crippen LogP contribution in [0.5, 0.6) is 0 Å². The highest BCUT2D eigenvalue weighted by Crippen LogP contribution is 2.16. The average Bonchev–Trinajstić information content (AvgIpc) is 2.43. The zero-order valence-corrected chi connectivity index (χ0v) is 12.1. The standard InChI is InChI=1S/C16H23N3/c1-13(2)19(3)9-8-17-11-15-12-18-10-14-6-4-5-7-16(14)15/h4-7,10,12-13,17H,8-9,11H2,1-3H3. The Morgan fingerprint density at radius 1 is 1.21 bits per heavy atom. The third-order valence-corrected chi connectivity index (χ3v) is 3.59. The van der Waals surface area contributed by atoms with Gasteiger partial charge in [0.15, 0.2) is 0 Å². The Kier molecular flexibility index (Phi) is 4.88. The number of likely N-dealkylation sites (N-methyl/N-ethyl adjacent to an activating group) is 1. The molecule has 0 aliphatic heterocycles. The van der Waals surface area contributed by atoms with Gasteiger partial charge in [0.2, 0.25) is 0 Å². The van der Waals surface area contributed by atoms with Gasteiger partial charge in [0.25, 0.3) is 0 Å². The molecular formula is C16H23N3. The molecule has 0 spiro atoms. The van der Waals surface area contributed by atoms with Gasteiger partial charge in [-0.25, -0.2) is 0 Å². The van der Waals surface area contributed by atoms with Crippen molar-refractivity contribution >= 4 is 10.8 Å². The van der Waals surface area contributed by atoms with E-state index in [9.17, 15) is 0 Å². The van der Waals surface area contributed by atoms with Gasteiger partial charge in [-0.15, -0.1) is 0 Å². The Morgan fingerprint density at radius 3 is 2.79 bits per heavy atom. The third-order valence-electron chi connectivity index (χ3n) is 3.59. The normalized spacial score (nSPS) is 11.6. The molecule has 1 N–H and O–H groups in total. The second-order valence-corrected chi connectivity index (χ2v) is 5.27. The molecule has 0 aliphatic carbocycles. The van der Waals surface area contributed by atoms with Crippen molar-refractivity contribution in [3.8, 4) is 0 Å². The summed E-state index contributed by atoms with van der Waals surface area (Å²) < 4.78 is 0. The van der Waals surface area contributed by atoms with Crippen molar-refractivity contribution in [1.29, 1.82) is 0 Å².